The number of halogens is 1. The van der Waals surface area contributed by atoms with E-state index in [4.69, 9.17) is 5.14 Å². The van der Waals surface area contributed by atoms with Crippen molar-refractivity contribution in [2.75, 3.05) is 0 Å². The zero-order chi connectivity index (χ0) is 18.8. The molecule has 2 aromatic rings. The predicted molar refractivity (Wildman–Crippen MR) is 98.7 cm³/mol. The fourth-order valence-corrected chi connectivity index (χ4v) is 3.04. The summed E-state index contributed by atoms with van der Waals surface area (Å²) in [6, 6.07) is 8.52. The van der Waals surface area contributed by atoms with E-state index in [2.05, 4.69) is 42.3 Å². The van der Waals surface area contributed by atoms with Crippen LogP contribution in [0, 0.1) is 6.92 Å². The van der Waals surface area contributed by atoms with Crippen molar-refractivity contribution in [3.63, 3.8) is 0 Å². The first kappa shape index (κ1) is 19.6. The van der Waals surface area contributed by atoms with Crippen LogP contribution in [0.2, 0.25) is 0 Å². The summed E-state index contributed by atoms with van der Waals surface area (Å²) in [5.74, 6) is -0.663. The summed E-state index contributed by atoms with van der Waals surface area (Å²) in [6.45, 7) is 1.85. The van der Waals surface area contributed by atoms with E-state index in [1.165, 1.54) is 0 Å². The van der Waals surface area contributed by atoms with Crippen LogP contribution in [0.15, 0.2) is 50.8 Å². The Morgan fingerprint density at radius 3 is 2.56 bits per heavy atom. The van der Waals surface area contributed by atoms with E-state index in [9.17, 15) is 18.3 Å². The molecule has 0 aliphatic heterocycles. The number of benzene rings is 2. The molecule has 2 aromatic carbocycles. The molecule has 0 aromatic heterocycles. The minimum absolute atomic E-state index is 0.0486. The summed E-state index contributed by atoms with van der Waals surface area (Å²) in [6.07, 6.45) is 0. The second kappa shape index (κ2) is 7.67. The number of hydrogen-bond acceptors (Lipinski definition) is 5. The number of sulfonamides is 1. The molecule has 1 radical (unpaired) electrons. The minimum atomic E-state index is -3.94. The topological polar surface area (TPSA) is 122 Å². The molecular formula is C15H13BrN3O4SSe. The average molecular weight is 490 g/mol. The van der Waals surface area contributed by atoms with E-state index in [1.54, 1.807) is 18.2 Å². The quantitative estimate of drug-likeness (QED) is 0.345. The fourth-order valence-electron chi connectivity index (χ4n) is 1.86. The summed E-state index contributed by atoms with van der Waals surface area (Å²) < 4.78 is 23.7. The number of amidine groups is 1. The third kappa shape index (κ3) is 5.13. The SMILES string of the molecule is Cc1cc(C(=O)NC([Se])=Nc2cc(S(N)(=O)=O)ccc2O)ccc1Br. The molecule has 0 saturated carbocycles. The molecule has 0 fully saturated rings. The number of hydrogen-bond donors (Lipinski definition) is 3. The molecule has 0 spiro atoms. The van der Waals surface area contributed by atoms with Gasteiger partial charge in [0.1, 0.15) is 0 Å². The van der Waals surface area contributed by atoms with Crippen LogP contribution < -0.4 is 10.5 Å². The van der Waals surface area contributed by atoms with Gasteiger partial charge in [-0.15, -0.1) is 0 Å². The monoisotopic (exact) mass is 490 g/mol. The molecule has 0 atom stereocenters. The van der Waals surface area contributed by atoms with E-state index in [0.29, 0.717) is 5.56 Å². The van der Waals surface area contributed by atoms with Crippen molar-refractivity contribution < 1.29 is 18.3 Å². The van der Waals surface area contributed by atoms with Gasteiger partial charge in [-0.2, -0.15) is 0 Å². The van der Waals surface area contributed by atoms with Crippen molar-refractivity contribution in [2.45, 2.75) is 11.8 Å². The maximum absolute atomic E-state index is 12.2. The first-order valence-corrected chi connectivity index (χ1v) is 9.96. The third-order valence-electron chi connectivity index (χ3n) is 3.14. The molecule has 7 nitrogen and oxygen atoms in total. The van der Waals surface area contributed by atoms with E-state index < -0.39 is 15.9 Å². The number of aromatic hydroxyl groups is 1. The predicted octanol–water partition coefficient (Wildman–Crippen LogP) is 1.70. The van der Waals surface area contributed by atoms with Crippen LogP contribution in [0.3, 0.4) is 0 Å². The number of nitrogens with one attached hydrogen (secondary N) is 1. The Balaban J connectivity index is 2.27. The number of carbonyl (C=O) groups excluding carboxylic acids is 1. The van der Waals surface area contributed by atoms with Crippen molar-refractivity contribution in [1.29, 1.82) is 0 Å². The molecule has 1 amide bonds. The van der Waals surface area contributed by atoms with Crippen LogP contribution in [-0.2, 0) is 10.0 Å². The van der Waals surface area contributed by atoms with Gasteiger partial charge in [0.05, 0.1) is 0 Å². The molecule has 10 heteroatoms. The summed E-state index contributed by atoms with van der Waals surface area (Å²) >= 11 is 5.91. The zero-order valence-electron chi connectivity index (χ0n) is 12.9. The fraction of sp³-hybridized carbons (Fsp3) is 0.0667. The molecule has 0 saturated heterocycles. The summed E-state index contributed by atoms with van der Waals surface area (Å²) in [7, 11) is -3.94. The Morgan fingerprint density at radius 2 is 1.96 bits per heavy atom. The standard InChI is InChI=1S/C15H13BrN3O4SSe/c1-8-6-9(2-4-11(8)16)14(21)19-15(25)18-12-7-10(24(17,22)23)3-5-13(12)20/h2-7,20H,1H3,(H2,17,22,23)(H,18,19,21). The Hall–Kier alpha value is -1.71. The Bertz CT molecular complexity index is 977. The Morgan fingerprint density at radius 1 is 1.28 bits per heavy atom. The number of amides is 1. The number of rotatable bonds is 3. The molecule has 0 unspecified atom stereocenters. The van der Waals surface area contributed by atoms with Gasteiger partial charge < -0.3 is 0 Å². The van der Waals surface area contributed by atoms with E-state index >= 15 is 0 Å². The van der Waals surface area contributed by atoms with E-state index in [1.807, 2.05) is 6.92 Å². The molecule has 0 aliphatic carbocycles. The summed E-state index contributed by atoms with van der Waals surface area (Å²) in [5, 5.41) is 17.4. The molecule has 2 rings (SSSR count). The first-order valence-electron chi connectivity index (χ1n) is 6.77. The van der Waals surface area contributed by atoms with Gasteiger partial charge in [-0.05, 0) is 0 Å². The molecule has 0 bridgehead atoms. The van der Waals surface area contributed by atoms with Crippen LogP contribution in [0.5, 0.6) is 5.75 Å². The maximum atomic E-state index is 12.2. The van der Waals surface area contributed by atoms with Crippen molar-refractivity contribution in [1.82, 2.24) is 5.32 Å². The number of aliphatic imine (C=N–C) groups is 1. The van der Waals surface area contributed by atoms with Gasteiger partial charge >= 0.3 is 162 Å². The normalized spacial score (nSPS) is 12.0. The van der Waals surface area contributed by atoms with E-state index in [-0.39, 0.29) is 21.1 Å². The number of phenolic OH excluding ortho intramolecular Hbond substituents is 1. The molecule has 25 heavy (non-hydrogen) atoms. The summed E-state index contributed by atoms with van der Waals surface area (Å²) in [4.78, 5) is 16.0. The number of nitrogens with zero attached hydrogens (tertiary/aromatic N) is 1. The van der Waals surface area contributed by atoms with Gasteiger partial charge in [0.25, 0.3) is 0 Å². The van der Waals surface area contributed by atoms with Crippen molar-refractivity contribution in [2.24, 2.45) is 10.1 Å². The second-order valence-electron chi connectivity index (χ2n) is 5.03. The van der Waals surface area contributed by atoms with Crippen molar-refractivity contribution >= 4 is 58.3 Å². The molecule has 0 aliphatic rings. The van der Waals surface area contributed by atoms with Crippen LogP contribution in [0.4, 0.5) is 5.69 Å². The van der Waals surface area contributed by atoms with Crippen molar-refractivity contribution in [3.05, 3.63) is 52.0 Å². The molecular weight excluding hydrogens is 477 g/mol. The number of nitrogens with two attached hydrogens (primary N) is 1. The van der Waals surface area contributed by atoms with Crippen LogP contribution >= 0.6 is 15.9 Å². The van der Waals surface area contributed by atoms with Gasteiger partial charge in [0, 0.05) is 0 Å². The third-order valence-corrected chi connectivity index (χ3v) is 5.34. The Kier molecular flexibility index (Phi) is 6.02. The van der Waals surface area contributed by atoms with Crippen LogP contribution in [0.1, 0.15) is 15.9 Å². The number of aryl methyl sites for hydroxylation is 1. The van der Waals surface area contributed by atoms with Gasteiger partial charge in [0.15, 0.2) is 0 Å². The van der Waals surface area contributed by atoms with Gasteiger partial charge in [0.2, 0.25) is 0 Å². The number of carbonyl (C=O) groups is 1. The van der Waals surface area contributed by atoms with Gasteiger partial charge in [-0.25, -0.2) is 0 Å². The summed E-state index contributed by atoms with van der Waals surface area (Å²) in [5.41, 5.74) is 1.27. The number of phenols is 1. The van der Waals surface area contributed by atoms with Crippen molar-refractivity contribution in [3.8, 4) is 5.75 Å². The Labute approximate surface area is 161 Å². The van der Waals surface area contributed by atoms with E-state index in [0.717, 1.165) is 28.2 Å². The van der Waals surface area contributed by atoms with Gasteiger partial charge in [-0.1, -0.05) is 0 Å². The van der Waals surface area contributed by atoms with Crippen LogP contribution in [0.25, 0.3) is 0 Å². The first-order chi connectivity index (χ1) is 11.6. The van der Waals surface area contributed by atoms with Gasteiger partial charge in [-0.3, -0.25) is 0 Å². The molecule has 131 valence electrons. The molecule has 4 N–H and O–H groups in total. The average Bonchev–Trinajstić information content (AvgIpc) is 2.50. The zero-order valence-corrected chi connectivity index (χ0v) is 17.0. The number of primary sulfonamides is 1. The van der Waals surface area contributed by atoms with Crippen LogP contribution in [-0.4, -0.2) is 40.2 Å². The second-order valence-corrected chi connectivity index (χ2v) is 8.26. The molecule has 0 heterocycles.